The van der Waals surface area contributed by atoms with Crippen LogP contribution in [0.5, 0.6) is 11.5 Å². The van der Waals surface area contributed by atoms with Crippen LogP contribution in [0.4, 0.5) is 0 Å². The van der Waals surface area contributed by atoms with E-state index in [0.717, 1.165) is 0 Å². The molecular weight excluding hydrogens is 236 g/mol. The molecule has 1 aromatic heterocycles. The van der Waals surface area contributed by atoms with Gasteiger partial charge in [0.25, 0.3) is 5.91 Å². The number of phenolic OH excluding ortho intramolecular Hbond substituents is 2. The van der Waals surface area contributed by atoms with Crippen LogP contribution in [0, 0.1) is 6.92 Å². The van der Waals surface area contributed by atoms with E-state index in [1.54, 1.807) is 13.1 Å². The molecule has 0 saturated carbocycles. The van der Waals surface area contributed by atoms with Crippen LogP contribution < -0.4 is 5.32 Å². The number of aromatic hydroxyl groups is 2. The maximum atomic E-state index is 11.8. The van der Waals surface area contributed by atoms with Crippen molar-refractivity contribution in [2.45, 2.75) is 13.5 Å². The van der Waals surface area contributed by atoms with Crippen LogP contribution in [-0.2, 0) is 6.54 Å². The first-order chi connectivity index (χ1) is 8.58. The monoisotopic (exact) mass is 248 g/mol. The number of rotatable bonds is 3. The van der Waals surface area contributed by atoms with Gasteiger partial charge in [-0.3, -0.25) is 4.79 Å². The fourth-order valence-electron chi connectivity index (χ4n) is 1.49. The number of nitrogens with one attached hydrogen (secondary N) is 1. The highest BCUT2D eigenvalue weighted by molar-refractivity contribution is 5.99. The van der Waals surface area contributed by atoms with Gasteiger partial charge in [0.15, 0.2) is 0 Å². The van der Waals surface area contributed by atoms with E-state index in [1.165, 1.54) is 18.2 Å². The lowest BCUT2D eigenvalue weighted by Gasteiger charge is -2.06. The van der Waals surface area contributed by atoms with Crippen molar-refractivity contribution in [1.29, 1.82) is 0 Å². The van der Waals surface area contributed by atoms with Crippen LogP contribution in [0.3, 0.4) is 0 Å². The van der Waals surface area contributed by atoms with E-state index in [9.17, 15) is 15.0 Å². The van der Waals surface area contributed by atoms with Crippen molar-refractivity contribution < 1.29 is 19.4 Å². The molecule has 18 heavy (non-hydrogen) atoms. The van der Waals surface area contributed by atoms with Gasteiger partial charge in [-0.05, 0) is 19.1 Å². The summed E-state index contributed by atoms with van der Waals surface area (Å²) in [4.78, 5) is 15.7. The van der Waals surface area contributed by atoms with Gasteiger partial charge in [0.2, 0.25) is 5.89 Å². The zero-order valence-corrected chi connectivity index (χ0v) is 9.67. The molecule has 0 fully saturated rings. The first-order valence-corrected chi connectivity index (χ1v) is 5.28. The summed E-state index contributed by atoms with van der Waals surface area (Å²) in [6.07, 6.45) is 1.54. The number of oxazole rings is 1. The van der Waals surface area contributed by atoms with Gasteiger partial charge in [-0.25, -0.2) is 4.98 Å². The quantitative estimate of drug-likeness (QED) is 0.761. The summed E-state index contributed by atoms with van der Waals surface area (Å²) in [5.74, 6) is -0.158. The predicted molar refractivity (Wildman–Crippen MR) is 62.2 cm³/mol. The van der Waals surface area contributed by atoms with Crippen LogP contribution in [-0.4, -0.2) is 21.1 Å². The van der Waals surface area contributed by atoms with Gasteiger partial charge >= 0.3 is 0 Å². The van der Waals surface area contributed by atoms with Gasteiger partial charge < -0.3 is 19.9 Å². The van der Waals surface area contributed by atoms with Crippen molar-refractivity contribution in [1.82, 2.24) is 10.3 Å². The first-order valence-electron chi connectivity index (χ1n) is 5.28. The van der Waals surface area contributed by atoms with Gasteiger partial charge in [0.1, 0.15) is 22.8 Å². The van der Waals surface area contributed by atoms with E-state index in [0.29, 0.717) is 11.7 Å². The lowest BCUT2D eigenvalue weighted by atomic mass is 10.1. The Bertz CT molecular complexity index is 557. The Hall–Kier alpha value is -2.50. The van der Waals surface area contributed by atoms with E-state index in [-0.39, 0.29) is 23.6 Å². The third-order valence-electron chi connectivity index (χ3n) is 2.32. The van der Waals surface area contributed by atoms with Gasteiger partial charge in [0, 0.05) is 0 Å². The van der Waals surface area contributed by atoms with E-state index < -0.39 is 5.91 Å². The standard InChI is InChI=1S/C12H12N2O4/c1-7-5-13-10(18-7)6-14-12(17)11-8(15)3-2-4-9(11)16/h2-5,15-16H,6H2,1H3,(H,14,17). The molecule has 2 aromatic rings. The molecule has 0 spiro atoms. The Morgan fingerprint density at radius 1 is 1.39 bits per heavy atom. The summed E-state index contributed by atoms with van der Waals surface area (Å²) in [6, 6.07) is 4.09. The molecule has 6 heteroatoms. The number of nitrogens with zero attached hydrogens (tertiary/aromatic N) is 1. The van der Waals surface area contributed by atoms with E-state index in [4.69, 9.17) is 4.42 Å². The lowest BCUT2D eigenvalue weighted by molar-refractivity contribution is 0.0941. The van der Waals surface area contributed by atoms with Gasteiger partial charge in [-0.2, -0.15) is 0 Å². The maximum Gasteiger partial charge on any atom is 0.259 e. The van der Waals surface area contributed by atoms with E-state index >= 15 is 0 Å². The van der Waals surface area contributed by atoms with Gasteiger partial charge in [0.05, 0.1) is 12.7 Å². The first kappa shape index (κ1) is 12.0. The van der Waals surface area contributed by atoms with Crippen molar-refractivity contribution in [3.8, 4) is 11.5 Å². The highest BCUT2D eigenvalue weighted by Gasteiger charge is 2.16. The second kappa shape index (κ2) is 4.79. The summed E-state index contributed by atoms with van der Waals surface area (Å²) in [5.41, 5.74) is -0.166. The van der Waals surface area contributed by atoms with Crippen molar-refractivity contribution >= 4 is 5.91 Å². The van der Waals surface area contributed by atoms with E-state index in [1.807, 2.05) is 0 Å². The normalized spacial score (nSPS) is 10.3. The minimum absolute atomic E-state index is 0.0838. The number of carbonyl (C=O) groups is 1. The number of aryl methyl sites for hydroxylation is 1. The maximum absolute atomic E-state index is 11.8. The summed E-state index contributed by atoms with van der Waals surface area (Å²) < 4.78 is 5.18. The van der Waals surface area contributed by atoms with Crippen LogP contribution in [0.1, 0.15) is 22.0 Å². The second-order valence-electron chi connectivity index (χ2n) is 3.72. The number of carbonyl (C=O) groups excluding carboxylic acids is 1. The molecule has 0 saturated heterocycles. The van der Waals surface area contributed by atoms with Gasteiger partial charge in [-0.15, -0.1) is 0 Å². The van der Waals surface area contributed by atoms with Crippen LogP contribution in [0.25, 0.3) is 0 Å². The predicted octanol–water partition coefficient (Wildman–Crippen LogP) is 1.32. The molecule has 94 valence electrons. The second-order valence-corrected chi connectivity index (χ2v) is 3.72. The Morgan fingerprint density at radius 2 is 2.06 bits per heavy atom. The lowest BCUT2D eigenvalue weighted by Crippen LogP contribution is -2.23. The van der Waals surface area contributed by atoms with Crippen LogP contribution >= 0.6 is 0 Å². The molecule has 2 rings (SSSR count). The number of benzene rings is 1. The largest absolute Gasteiger partial charge is 0.507 e. The molecular formula is C12H12N2O4. The molecule has 3 N–H and O–H groups in total. The highest BCUT2D eigenvalue weighted by Crippen LogP contribution is 2.25. The highest BCUT2D eigenvalue weighted by atomic mass is 16.4. The zero-order valence-electron chi connectivity index (χ0n) is 9.67. The number of hydrogen-bond acceptors (Lipinski definition) is 5. The molecule has 0 aliphatic heterocycles. The van der Waals surface area contributed by atoms with Crippen molar-refractivity contribution in [3.63, 3.8) is 0 Å². The third-order valence-corrected chi connectivity index (χ3v) is 2.32. The Labute approximate surface area is 103 Å². The van der Waals surface area contributed by atoms with Gasteiger partial charge in [-0.1, -0.05) is 6.07 Å². The minimum atomic E-state index is -0.596. The minimum Gasteiger partial charge on any atom is -0.507 e. The molecule has 0 aliphatic carbocycles. The average molecular weight is 248 g/mol. The van der Waals surface area contributed by atoms with Crippen LogP contribution in [0.15, 0.2) is 28.8 Å². The molecule has 0 aliphatic rings. The Morgan fingerprint density at radius 3 is 2.61 bits per heavy atom. The zero-order chi connectivity index (χ0) is 13.1. The Kier molecular flexibility index (Phi) is 3.18. The molecule has 0 radical (unpaired) electrons. The average Bonchev–Trinajstić information content (AvgIpc) is 2.72. The molecule has 1 heterocycles. The summed E-state index contributed by atoms with van der Waals surface area (Å²) in [7, 11) is 0. The number of aromatic nitrogens is 1. The number of amides is 1. The molecule has 1 amide bonds. The van der Waals surface area contributed by atoms with Crippen LogP contribution in [0.2, 0.25) is 0 Å². The molecule has 1 aromatic carbocycles. The number of phenols is 2. The number of hydrogen-bond donors (Lipinski definition) is 3. The van der Waals surface area contributed by atoms with Crippen molar-refractivity contribution in [2.75, 3.05) is 0 Å². The third kappa shape index (κ3) is 2.42. The smallest absolute Gasteiger partial charge is 0.259 e. The summed E-state index contributed by atoms with van der Waals surface area (Å²) >= 11 is 0. The summed E-state index contributed by atoms with van der Waals surface area (Å²) in [6.45, 7) is 1.83. The molecule has 0 atom stereocenters. The molecule has 6 nitrogen and oxygen atoms in total. The molecule has 0 bridgehead atoms. The fraction of sp³-hybridized carbons (Fsp3) is 0.167. The Balaban J connectivity index is 2.08. The summed E-state index contributed by atoms with van der Waals surface area (Å²) in [5, 5.41) is 21.5. The van der Waals surface area contributed by atoms with Crippen molar-refractivity contribution in [2.24, 2.45) is 0 Å². The molecule has 0 unspecified atom stereocenters. The SMILES string of the molecule is Cc1cnc(CNC(=O)c2c(O)cccc2O)o1. The van der Waals surface area contributed by atoms with Crippen molar-refractivity contribution in [3.05, 3.63) is 41.6 Å². The van der Waals surface area contributed by atoms with E-state index in [2.05, 4.69) is 10.3 Å². The fourth-order valence-corrected chi connectivity index (χ4v) is 1.49. The topological polar surface area (TPSA) is 95.6 Å².